The molecule has 3 amide bonds. The van der Waals surface area contributed by atoms with Crippen LogP contribution in [-0.2, 0) is 9.59 Å². The number of carbonyl (C=O) groups is 3. The largest absolute Gasteiger partial charge is 0.412 e. The van der Waals surface area contributed by atoms with Gasteiger partial charge in [-0.2, -0.15) is 0 Å². The fraction of sp³-hybridized carbons (Fsp3) is 0.400. The fourth-order valence-electron chi connectivity index (χ4n) is 2.86. The first-order chi connectivity index (χ1) is 10.9. The van der Waals surface area contributed by atoms with E-state index in [0.717, 1.165) is 0 Å². The summed E-state index contributed by atoms with van der Waals surface area (Å²) in [6, 6.07) is 3.56. The summed E-state index contributed by atoms with van der Waals surface area (Å²) in [5.41, 5.74) is 0. The molecular formula is C15H16FN3O4. The van der Waals surface area contributed by atoms with E-state index in [1.165, 1.54) is 29.2 Å². The van der Waals surface area contributed by atoms with Crippen LogP contribution in [0, 0.1) is 5.82 Å². The molecule has 3 atom stereocenters. The third-order valence-corrected chi connectivity index (χ3v) is 3.96. The SMILES string of the molecule is C[C@H]1NC(=O)[C@@H]2C[C@H](NC(=O)Oc3ccc(F)cc3)CN2C1=O. The van der Waals surface area contributed by atoms with Gasteiger partial charge in [-0.25, -0.2) is 9.18 Å². The van der Waals surface area contributed by atoms with E-state index in [1.54, 1.807) is 6.92 Å². The van der Waals surface area contributed by atoms with Crippen molar-refractivity contribution in [2.75, 3.05) is 6.54 Å². The van der Waals surface area contributed by atoms with Crippen LogP contribution >= 0.6 is 0 Å². The standard InChI is InChI=1S/C15H16FN3O4/c1-8-14(21)19-7-10(6-12(19)13(20)17-8)18-15(22)23-11-4-2-9(16)3-5-11/h2-5,8,10,12H,6-7H2,1H3,(H,17,20)(H,18,22)/t8-,10+,12+/m1/s1. The van der Waals surface area contributed by atoms with Crippen molar-refractivity contribution in [3.63, 3.8) is 0 Å². The third kappa shape index (κ3) is 3.10. The normalized spacial score (nSPS) is 26.5. The zero-order valence-electron chi connectivity index (χ0n) is 12.4. The molecule has 0 spiro atoms. The van der Waals surface area contributed by atoms with Crippen LogP contribution in [0.3, 0.4) is 0 Å². The first kappa shape index (κ1) is 15.3. The van der Waals surface area contributed by atoms with Gasteiger partial charge >= 0.3 is 6.09 Å². The Balaban J connectivity index is 1.59. The zero-order chi connectivity index (χ0) is 16.6. The van der Waals surface area contributed by atoms with Gasteiger partial charge in [0.25, 0.3) is 0 Å². The molecule has 1 aromatic carbocycles. The molecule has 2 heterocycles. The predicted molar refractivity (Wildman–Crippen MR) is 77.1 cm³/mol. The number of amides is 3. The van der Waals surface area contributed by atoms with Gasteiger partial charge in [0, 0.05) is 6.54 Å². The van der Waals surface area contributed by atoms with Gasteiger partial charge in [-0.3, -0.25) is 9.59 Å². The molecule has 0 aromatic heterocycles. The van der Waals surface area contributed by atoms with E-state index in [2.05, 4.69) is 10.6 Å². The van der Waals surface area contributed by atoms with Gasteiger partial charge in [-0.1, -0.05) is 0 Å². The van der Waals surface area contributed by atoms with E-state index in [9.17, 15) is 18.8 Å². The first-order valence-corrected chi connectivity index (χ1v) is 7.29. The molecule has 0 unspecified atom stereocenters. The minimum atomic E-state index is -0.706. The zero-order valence-corrected chi connectivity index (χ0v) is 12.4. The average molecular weight is 321 g/mol. The van der Waals surface area contributed by atoms with Crippen LogP contribution in [0.25, 0.3) is 0 Å². The first-order valence-electron chi connectivity index (χ1n) is 7.29. The van der Waals surface area contributed by atoms with Gasteiger partial charge in [-0.05, 0) is 37.6 Å². The van der Waals surface area contributed by atoms with Gasteiger partial charge in [0.1, 0.15) is 23.7 Å². The number of nitrogens with one attached hydrogen (secondary N) is 2. The Bertz CT molecular complexity index is 649. The van der Waals surface area contributed by atoms with E-state index >= 15 is 0 Å². The summed E-state index contributed by atoms with van der Waals surface area (Å²) < 4.78 is 17.8. The Hall–Kier alpha value is -2.64. The lowest BCUT2D eigenvalue weighted by atomic mass is 10.1. The van der Waals surface area contributed by atoms with Crippen molar-refractivity contribution >= 4 is 17.9 Å². The molecule has 2 aliphatic rings. The molecule has 0 aliphatic carbocycles. The summed E-state index contributed by atoms with van der Waals surface area (Å²) in [7, 11) is 0. The summed E-state index contributed by atoms with van der Waals surface area (Å²) in [6.45, 7) is 1.89. The van der Waals surface area contributed by atoms with Crippen LogP contribution in [0.1, 0.15) is 13.3 Å². The highest BCUT2D eigenvalue weighted by molar-refractivity contribution is 5.97. The Kier molecular flexibility index (Phi) is 3.89. The highest BCUT2D eigenvalue weighted by Crippen LogP contribution is 2.22. The monoisotopic (exact) mass is 321 g/mol. The molecule has 7 nitrogen and oxygen atoms in total. The topological polar surface area (TPSA) is 87.7 Å². The van der Waals surface area contributed by atoms with Crippen LogP contribution in [0.15, 0.2) is 24.3 Å². The van der Waals surface area contributed by atoms with E-state index < -0.39 is 24.0 Å². The maximum atomic E-state index is 12.8. The smallest absolute Gasteiger partial charge is 0.410 e. The van der Waals surface area contributed by atoms with Crippen molar-refractivity contribution in [3.05, 3.63) is 30.1 Å². The predicted octanol–water partition coefficient (Wildman–Crippen LogP) is 0.402. The maximum Gasteiger partial charge on any atom is 0.412 e. The van der Waals surface area contributed by atoms with Gasteiger partial charge in [-0.15, -0.1) is 0 Å². The minimum Gasteiger partial charge on any atom is -0.410 e. The number of nitrogens with zero attached hydrogens (tertiary/aromatic N) is 1. The summed E-state index contributed by atoms with van der Waals surface area (Å²) in [5.74, 6) is -0.592. The number of hydrogen-bond acceptors (Lipinski definition) is 4. The van der Waals surface area contributed by atoms with Gasteiger partial charge in [0.15, 0.2) is 0 Å². The lowest BCUT2D eigenvalue weighted by Crippen LogP contribution is -2.60. The Labute approximate surface area is 131 Å². The van der Waals surface area contributed by atoms with Gasteiger partial charge in [0.05, 0.1) is 6.04 Å². The fourth-order valence-corrected chi connectivity index (χ4v) is 2.86. The van der Waals surface area contributed by atoms with Crippen molar-refractivity contribution in [1.82, 2.24) is 15.5 Å². The quantitative estimate of drug-likeness (QED) is 0.825. The molecule has 0 radical (unpaired) electrons. The average Bonchev–Trinajstić information content (AvgIpc) is 2.92. The number of carbonyl (C=O) groups excluding carboxylic acids is 3. The summed E-state index contributed by atoms with van der Waals surface area (Å²) in [4.78, 5) is 37.3. The Morgan fingerprint density at radius 2 is 2.04 bits per heavy atom. The van der Waals surface area contributed by atoms with E-state index in [0.29, 0.717) is 6.42 Å². The molecule has 8 heteroatoms. The molecule has 2 aliphatic heterocycles. The third-order valence-electron chi connectivity index (χ3n) is 3.96. The number of piperazine rings is 1. The number of benzene rings is 1. The number of halogens is 1. The summed E-state index contributed by atoms with van der Waals surface area (Å²) in [6.07, 6.45) is -0.370. The molecule has 2 N–H and O–H groups in total. The molecule has 23 heavy (non-hydrogen) atoms. The van der Waals surface area contributed by atoms with Crippen molar-refractivity contribution < 1.29 is 23.5 Å². The molecule has 0 saturated carbocycles. The number of fused-ring (bicyclic) bond motifs is 1. The second-order valence-corrected chi connectivity index (χ2v) is 5.66. The summed E-state index contributed by atoms with van der Waals surface area (Å²) >= 11 is 0. The van der Waals surface area contributed by atoms with Crippen molar-refractivity contribution in [2.45, 2.75) is 31.5 Å². The van der Waals surface area contributed by atoms with Gasteiger partial charge in [0.2, 0.25) is 11.8 Å². The molecule has 1 aromatic rings. The Morgan fingerprint density at radius 3 is 2.74 bits per heavy atom. The van der Waals surface area contributed by atoms with Crippen molar-refractivity contribution in [3.8, 4) is 5.75 Å². The van der Waals surface area contributed by atoms with Crippen molar-refractivity contribution in [1.29, 1.82) is 0 Å². The van der Waals surface area contributed by atoms with E-state index in [1.807, 2.05) is 0 Å². The second kappa shape index (κ2) is 5.86. The molecule has 0 bridgehead atoms. The van der Waals surface area contributed by atoms with Crippen LogP contribution in [-0.4, -0.2) is 47.5 Å². The van der Waals surface area contributed by atoms with Crippen LogP contribution in [0.4, 0.5) is 9.18 Å². The van der Waals surface area contributed by atoms with Crippen LogP contribution in [0.5, 0.6) is 5.75 Å². The summed E-state index contributed by atoms with van der Waals surface area (Å²) in [5, 5.41) is 5.24. The van der Waals surface area contributed by atoms with Gasteiger partial charge < -0.3 is 20.3 Å². The highest BCUT2D eigenvalue weighted by atomic mass is 19.1. The molecule has 122 valence electrons. The van der Waals surface area contributed by atoms with Crippen molar-refractivity contribution in [2.24, 2.45) is 0 Å². The number of rotatable bonds is 2. The van der Waals surface area contributed by atoms with Crippen LogP contribution < -0.4 is 15.4 Å². The van der Waals surface area contributed by atoms with Crippen LogP contribution in [0.2, 0.25) is 0 Å². The number of ether oxygens (including phenoxy) is 1. The molecular weight excluding hydrogens is 305 g/mol. The molecule has 2 saturated heterocycles. The lowest BCUT2D eigenvalue weighted by molar-refractivity contribution is -0.146. The molecule has 3 rings (SSSR count). The molecule has 2 fully saturated rings. The highest BCUT2D eigenvalue weighted by Gasteiger charge is 2.45. The Morgan fingerprint density at radius 1 is 1.35 bits per heavy atom. The van der Waals surface area contributed by atoms with E-state index in [4.69, 9.17) is 4.74 Å². The second-order valence-electron chi connectivity index (χ2n) is 5.66. The lowest BCUT2D eigenvalue weighted by Gasteiger charge is -2.32. The number of hydrogen-bond donors (Lipinski definition) is 2. The minimum absolute atomic E-state index is 0.161. The van der Waals surface area contributed by atoms with E-state index in [-0.39, 0.29) is 30.2 Å². The maximum absolute atomic E-state index is 12.8.